The van der Waals surface area contributed by atoms with Crippen LogP contribution in [0.2, 0.25) is 0 Å². The van der Waals surface area contributed by atoms with E-state index in [1.54, 1.807) is 0 Å². The second-order valence-corrected chi connectivity index (χ2v) is 5.91. The number of amides is 1. The Morgan fingerprint density at radius 3 is 2.50 bits per heavy atom. The van der Waals surface area contributed by atoms with Crippen molar-refractivity contribution in [2.75, 3.05) is 6.61 Å². The molecule has 2 rings (SSSR count). The van der Waals surface area contributed by atoms with E-state index in [1.165, 1.54) is 0 Å². The third-order valence-electron chi connectivity index (χ3n) is 3.41. The molecule has 1 aliphatic heterocycles. The number of benzene rings is 1. The zero-order chi connectivity index (χ0) is 14.8. The monoisotopic (exact) mass is 274 g/mol. The first-order valence-corrected chi connectivity index (χ1v) is 6.97. The molecule has 1 unspecified atom stereocenters. The van der Waals surface area contributed by atoms with Gasteiger partial charge in [-0.05, 0) is 33.3 Å². The van der Waals surface area contributed by atoms with Crippen molar-refractivity contribution in [2.24, 2.45) is 10.9 Å². The summed E-state index contributed by atoms with van der Waals surface area (Å²) in [5, 5.41) is 3.00. The Hall–Kier alpha value is -1.84. The molecule has 1 heterocycles. The average Bonchev–Trinajstić information content (AvgIpc) is 2.79. The molecule has 4 nitrogen and oxygen atoms in total. The molecule has 1 amide bonds. The van der Waals surface area contributed by atoms with E-state index < -0.39 is 0 Å². The van der Waals surface area contributed by atoms with Gasteiger partial charge in [0.2, 0.25) is 5.91 Å². The van der Waals surface area contributed by atoms with Gasteiger partial charge in [0.05, 0.1) is 11.6 Å². The number of ether oxygens (including phenoxy) is 1. The maximum atomic E-state index is 12.3. The van der Waals surface area contributed by atoms with Crippen LogP contribution in [0.25, 0.3) is 0 Å². The van der Waals surface area contributed by atoms with E-state index in [0.29, 0.717) is 12.5 Å². The van der Waals surface area contributed by atoms with Gasteiger partial charge in [0, 0.05) is 0 Å². The van der Waals surface area contributed by atoms with Crippen molar-refractivity contribution in [3.8, 4) is 0 Å². The quantitative estimate of drug-likeness (QED) is 0.917. The Bertz CT molecular complexity index is 508. The first kappa shape index (κ1) is 14.6. The molecule has 0 saturated carbocycles. The van der Waals surface area contributed by atoms with E-state index in [0.717, 1.165) is 5.56 Å². The number of carbonyl (C=O) groups excluding carboxylic acids is 1. The van der Waals surface area contributed by atoms with Crippen LogP contribution in [0.1, 0.15) is 39.3 Å². The third-order valence-corrected chi connectivity index (χ3v) is 3.41. The summed E-state index contributed by atoms with van der Waals surface area (Å²) in [6, 6.07) is 9.87. The highest BCUT2D eigenvalue weighted by Crippen LogP contribution is 2.21. The van der Waals surface area contributed by atoms with Gasteiger partial charge >= 0.3 is 0 Å². The Kier molecular flexibility index (Phi) is 4.12. The van der Waals surface area contributed by atoms with Crippen LogP contribution in [0.15, 0.2) is 35.3 Å². The van der Waals surface area contributed by atoms with Crippen molar-refractivity contribution in [1.29, 1.82) is 0 Å². The molecule has 0 aliphatic carbocycles. The highest BCUT2D eigenvalue weighted by atomic mass is 16.5. The largest absolute Gasteiger partial charge is 0.478 e. The van der Waals surface area contributed by atoms with Crippen molar-refractivity contribution in [3.05, 3.63) is 35.9 Å². The number of carbonyl (C=O) groups is 1. The molecule has 0 saturated heterocycles. The first-order chi connectivity index (χ1) is 9.39. The van der Waals surface area contributed by atoms with Gasteiger partial charge < -0.3 is 10.1 Å². The Labute approximate surface area is 120 Å². The molecule has 0 bridgehead atoms. The van der Waals surface area contributed by atoms with Gasteiger partial charge in [-0.1, -0.05) is 30.3 Å². The summed E-state index contributed by atoms with van der Waals surface area (Å²) in [6.07, 6.45) is 0. The lowest BCUT2D eigenvalue weighted by molar-refractivity contribution is -0.123. The van der Waals surface area contributed by atoms with E-state index >= 15 is 0 Å². The smallest absolute Gasteiger partial charge is 0.232 e. The zero-order valence-electron chi connectivity index (χ0n) is 12.5. The fourth-order valence-electron chi connectivity index (χ4n) is 2.11. The van der Waals surface area contributed by atoms with Crippen LogP contribution in [0.4, 0.5) is 0 Å². The maximum absolute atomic E-state index is 12.3. The predicted octanol–water partition coefficient (Wildman–Crippen LogP) is 2.71. The number of nitrogens with zero attached hydrogens (tertiary/aromatic N) is 1. The molecule has 0 radical (unpaired) electrons. The molecule has 0 fully saturated rings. The van der Waals surface area contributed by atoms with Crippen LogP contribution in [0.5, 0.6) is 0 Å². The van der Waals surface area contributed by atoms with E-state index in [4.69, 9.17) is 4.74 Å². The predicted molar refractivity (Wildman–Crippen MR) is 79.6 cm³/mol. The lowest BCUT2D eigenvalue weighted by Gasteiger charge is -2.17. The molecule has 1 aromatic rings. The summed E-state index contributed by atoms with van der Waals surface area (Å²) in [7, 11) is 0. The standard InChI is InChI=1S/C16H22N2O2/c1-11(15-18-16(3,4)10-20-15)14(19)17-12(2)13-8-6-5-7-9-13/h5-9,11-12H,10H2,1-4H3,(H,17,19)/t11?,12-/m0/s1. The number of nitrogens with one attached hydrogen (secondary N) is 1. The lowest BCUT2D eigenvalue weighted by atomic mass is 10.1. The molecule has 1 N–H and O–H groups in total. The van der Waals surface area contributed by atoms with Gasteiger partial charge in [0.25, 0.3) is 0 Å². The summed E-state index contributed by atoms with van der Waals surface area (Å²) >= 11 is 0. The topological polar surface area (TPSA) is 50.7 Å². The lowest BCUT2D eigenvalue weighted by Crippen LogP contribution is -2.35. The zero-order valence-corrected chi connectivity index (χ0v) is 12.5. The van der Waals surface area contributed by atoms with Crippen molar-refractivity contribution < 1.29 is 9.53 Å². The Balaban J connectivity index is 1.99. The number of rotatable bonds is 4. The second-order valence-electron chi connectivity index (χ2n) is 5.91. The van der Waals surface area contributed by atoms with Crippen LogP contribution in [-0.4, -0.2) is 24.0 Å². The van der Waals surface area contributed by atoms with E-state index in [-0.39, 0.29) is 23.4 Å². The van der Waals surface area contributed by atoms with Crippen LogP contribution < -0.4 is 5.32 Å². The maximum Gasteiger partial charge on any atom is 0.232 e. The fourth-order valence-corrected chi connectivity index (χ4v) is 2.11. The summed E-state index contributed by atoms with van der Waals surface area (Å²) in [4.78, 5) is 16.7. The molecular weight excluding hydrogens is 252 g/mol. The molecule has 4 heteroatoms. The highest BCUT2D eigenvalue weighted by Gasteiger charge is 2.32. The minimum atomic E-state index is -0.358. The Morgan fingerprint density at radius 1 is 1.30 bits per heavy atom. The van der Waals surface area contributed by atoms with Gasteiger partial charge in [0.15, 0.2) is 5.90 Å². The molecule has 108 valence electrons. The summed E-state index contributed by atoms with van der Waals surface area (Å²) in [5.41, 5.74) is 0.859. The second kappa shape index (κ2) is 5.65. The molecule has 20 heavy (non-hydrogen) atoms. The fraction of sp³-hybridized carbons (Fsp3) is 0.500. The third kappa shape index (κ3) is 3.38. The van der Waals surface area contributed by atoms with Crippen molar-refractivity contribution in [2.45, 2.75) is 39.3 Å². The molecule has 0 aromatic heterocycles. The minimum Gasteiger partial charge on any atom is -0.478 e. The van der Waals surface area contributed by atoms with E-state index in [1.807, 2.05) is 58.0 Å². The van der Waals surface area contributed by atoms with Gasteiger partial charge in [-0.15, -0.1) is 0 Å². The molecular formula is C16H22N2O2. The molecule has 0 spiro atoms. The number of hydrogen-bond acceptors (Lipinski definition) is 3. The summed E-state index contributed by atoms with van der Waals surface area (Å²) in [6.45, 7) is 8.33. The van der Waals surface area contributed by atoms with E-state index in [9.17, 15) is 4.79 Å². The minimum absolute atomic E-state index is 0.0267. The molecule has 1 aromatic carbocycles. The van der Waals surface area contributed by atoms with Crippen molar-refractivity contribution >= 4 is 11.8 Å². The van der Waals surface area contributed by atoms with Gasteiger partial charge in [-0.25, -0.2) is 4.99 Å². The number of aliphatic imine (C=N–C) groups is 1. The normalized spacial score (nSPS) is 19.7. The number of hydrogen-bond donors (Lipinski definition) is 1. The summed E-state index contributed by atoms with van der Waals surface area (Å²) in [5.74, 6) is 0.119. The van der Waals surface area contributed by atoms with Crippen molar-refractivity contribution in [1.82, 2.24) is 5.32 Å². The van der Waals surface area contributed by atoms with Crippen LogP contribution in [0, 0.1) is 5.92 Å². The SMILES string of the molecule is CC(C(=O)N[C@@H](C)c1ccccc1)C1=NC(C)(C)CO1. The van der Waals surface area contributed by atoms with E-state index in [2.05, 4.69) is 10.3 Å². The molecule has 1 aliphatic rings. The van der Waals surface area contributed by atoms with Gasteiger partial charge in [0.1, 0.15) is 12.5 Å². The summed E-state index contributed by atoms with van der Waals surface area (Å²) < 4.78 is 5.53. The Morgan fingerprint density at radius 2 is 1.95 bits per heavy atom. The van der Waals surface area contributed by atoms with Gasteiger partial charge in [-0.3, -0.25) is 4.79 Å². The van der Waals surface area contributed by atoms with Crippen LogP contribution in [0.3, 0.4) is 0 Å². The molecule has 2 atom stereocenters. The van der Waals surface area contributed by atoms with Gasteiger partial charge in [-0.2, -0.15) is 0 Å². The average molecular weight is 274 g/mol. The van der Waals surface area contributed by atoms with Crippen LogP contribution >= 0.6 is 0 Å². The van der Waals surface area contributed by atoms with Crippen LogP contribution in [-0.2, 0) is 9.53 Å². The first-order valence-electron chi connectivity index (χ1n) is 6.97. The van der Waals surface area contributed by atoms with Crippen molar-refractivity contribution in [3.63, 3.8) is 0 Å². The highest BCUT2D eigenvalue weighted by molar-refractivity contribution is 6.00.